The number of hydrogen-bond donors (Lipinski definition) is 0. The summed E-state index contributed by atoms with van der Waals surface area (Å²) in [5.41, 5.74) is 0. The second-order valence-corrected chi connectivity index (χ2v) is 14.4. The van der Waals surface area contributed by atoms with Crippen LogP contribution in [0, 0.1) is 0 Å². The van der Waals surface area contributed by atoms with Gasteiger partial charge in [-0.15, -0.1) is 0 Å². The van der Waals surface area contributed by atoms with Crippen molar-refractivity contribution in [3.05, 3.63) is 0 Å². The zero-order chi connectivity index (χ0) is 68.3. The molecule has 82 heavy (non-hydrogen) atoms. The molecule has 0 aromatic heterocycles. The molecule has 0 spiro atoms. The number of methoxy groups -OCH3 is 4. The second kappa shape index (κ2) is 25.5. The lowest BCUT2D eigenvalue weighted by molar-refractivity contribution is -0.553. The van der Waals surface area contributed by atoms with Crippen molar-refractivity contribution in [2.24, 2.45) is 0 Å². The van der Waals surface area contributed by atoms with E-state index in [0.717, 1.165) is 7.11 Å². The summed E-state index contributed by atoms with van der Waals surface area (Å²) in [7, 11) is 1.64. The monoisotopic (exact) mass is 1350 g/mol. The number of hydrogen-bond acceptors (Lipinski definition) is 7. The van der Waals surface area contributed by atoms with Gasteiger partial charge in [-0.1, -0.05) is 0 Å². The molecule has 0 fully saturated rings. The third-order valence-electron chi connectivity index (χ3n) is 7.83. The van der Waals surface area contributed by atoms with E-state index in [4.69, 9.17) is 0 Å². The van der Waals surface area contributed by atoms with Gasteiger partial charge < -0.3 is 18.9 Å². The fourth-order valence-electron chi connectivity index (χ4n) is 3.48. The predicted molar refractivity (Wildman–Crippen MR) is 164 cm³/mol. The summed E-state index contributed by atoms with van der Waals surface area (Å²) >= 11 is 0. The van der Waals surface area contributed by atoms with Gasteiger partial charge in [0.15, 0.2) is 0 Å². The Balaban J connectivity index is -0.000000522. The molecule has 0 aliphatic heterocycles. The van der Waals surface area contributed by atoms with Crippen LogP contribution < -0.4 is 0 Å². The fourth-order valence-corrected chi connectivity index (χ4v) is 3.48. The Kier molecular flexibility index (Phi) is 26.4. The normalized spacial score (nSPS) is 17.5. The Labute approximate surface area is 420 Å². The van der Waals surface area contributed by atoms with Crippen LogP contribution in [0.15, 0.2) is 0 Å². The SMILES string of the molecule is COCC(F)(F)C(C)(F)F.COCC(F)(F)C(F)(F)C(F)(F)C(F)(F)C(F)(F)C(F)(F)F.COCC(F)(OC(F)(F)C(F)(F)C(F)(F)F)C(F)(F)F.COCC(F)(OC(F)(F)C(F)(OC(F)(F)C(F)(F)C(F)(F)F)C(F)(F)F)C(F)(F)F. The van der Waals surface area contributed by atoms with E-state index in [1.165, 1.54) is 4.74 Å². The minimum absolute atomic E-state index is 0.0998. The van der Waals surface area contributed by atoms with Crippen molar-refractivity contribution in [2.45, 2.75) is 133 Å². The molecule has 0 amide bonds. The van der Waals surface area contributed by atoms with E-state index in [-0.39, 0.29) is 21.1 Å². The lowest BCUT2D eigenvalue weighted by Gasteiger charge is -2.40. The number of alkyl halides is 45. The standard InChI is InChI=1S/C10H5F17O3.C8H5F13O.C7H5F11O2.C5H8F4O/c1-28-2-3(11,6(15,16)17)29-10(26,27)5(14,8(21,22)23)30-9(24,25)4(12,13)7(18,19)20;1-22-2-3(9,10)4(11,12)5(13,14)6(15,16)7(17,18)8(19,20)21;1-19-2-3(8,5(11,12)13)20-7(17,18)4(9,10)6(14,15)16;1-4(6,7)5(8,9)3-10-2/h2H2,1H3;2H2,1H3;2H2,1H3;3H2,1-2H3. The molecule has 0 rings (SSSR count). The molecule has 0 heterocycles. The fraction of sp³-hybridized carbons (Fsp3) is 1.00. The van der Waals surface area contributed by atoms with Crippen molar-refractivity contribution in [2.75, 3.05) is 54.9 Å². The van der Waals surface area contributed by atoms with E-state index in [1.54, 1.807) is 0 Å². The Morgan fingerprint density at radius 1 is 0.220 bits per heavy atom. The van der Waals surface area contributed by atoms with Gasteiger partial charge in [0.25, 0.3) is 0 Å². The van der Waals surface area contributed by atoms with E-state index in [9.17, 15) is 198 Å². The Morgan fingerprint density at radius 3 is 0.659 bits per heavy atom. The summed E-state index contributed by atoms with van der Waals surface area (Å²) in [6, 6.07) is 0. The molecule has 0 aliphatic carbocycles. The van der Waals surface area contributed by atoms with Gasteiger partial charge in [-0.3, -0.25) is 14.2 Å². The topological polar surface area (TPSA) is 64.6 Å². The first kappa shape index (κ1) is 85.0. The van der Waals surface area contributed by atoms with Gasteiger partial charge in [0, 0.05) is 35.4 Å². The summed E-state index contributed by atoms with van der Waals surface area (Å²) in [5, 5.41) is 0. The Hall–Kier alpha value is -3.43. The zero-order valence-electron chi connectivity index (χ0n) is 38.2. The third-order valence-corrected chi connectivity index (χ3v) is 7.83. The summed E-state index contributed by atoms with van der Waals surface area (Å²) in [4.78, 5) is 0. The molecule has 7 nitrogen and oxygen atoms in total. The minimum atomic E-state index is -7.87. The minimum Gasteiger partial charge on any atom is -0.378 e. The van der Waals surface area contributed by atoms with Crippen LogP contribution in [-0.2, 0) is 33.2 Å². The molecule has 3 atom stereocenters. The van der Waals surface area contributed by atoms with Crippen LogP contribution in [0.3, 0.4) is 0 Å². The molecule has 0 N–H and O–H groups in total. The number of rotatable bonds is 22. The lowest BCUT2D eigenvalue weighted by Crippen LogP contribution is -2.70. The molecule has 0 saturated heterocycles. The highest BCUT2D eigenvalue weighted by molar-refractivity contribution is 5.10. The van der Waals surface area contributed by atoms with Crippen LogP contribution in [0.4, 0.5) is 198 Å². The molecule has 0 aromatic carbocycles. The molecular formula is C30H23F45O7. The smallest absolute Gasteiger partial charge is 0.378 e. The first-order valence-electron chi connectivity index (χ1n) is 17.9. The first-order valence-corrected chi connectivity index (χ1v) is 17.9. The molecule has 3 unspecified atom stereocenters. The summed E-state index contributed by atoms with van der Waals surface area (Å²) in [5.74, 6) is -79.2. The maximum Gasteiger partial charge on any atom is 0.462 e. The van der Waals surface area contributed by atoms with Crippen LogP contribution in [0.25, 0.3) is 0 Å². The molecule has 0 bridgehead atoms. The average molecular weight is 1350 g/mol. The van der Waals surface area contributed by atoms with Gasteiger partial charge in [-0.2, -0.15) is 189 Å². The lowest BCUT2D eigenvalue weighted by atomic mass is 9.94. The van der Waals surface area contributed by atoms with E-state index in [0.29, 0.717) is 7.11 Å². The van der Waals surface area contributed by atoms with Crippen LogP contribution >= 0.6 is 0 Å². The summed E-state index contributed by atoms with van der Waals surface area (Å²) < 4.78 is 578. The van der Waals surface area contributed by atoms with E-state index in [2.05, 4.69) is 23.7 Å². The van der Waals surface area contributed by atoms with Crippen LogP contribution in [-0.4, -0.2) is 181 Å². The molecule has 0 aromatic rings. The van der Waals surface area contributed by atoms with E-state index < -0.39 is 153 Å². The maximum absolute atomic E-state index is 13.7. The summed E-state index contributed by atoms with van der Waals surface area (Å²) in [6.45, 7) is -8.90. The largest absolute Gasteiger partial charge is 0.462 e. The Morgan fingerprint density at radius 2 is 0.451 bits per heavy atom. The van der Waals surface area contributed by atoms with Crippen molar-refractivity contribution in [3.8, 4) is 0 Å². The second-order valence-electron chi connectivity index (χ2n) is 14.4. The first-order chi connectivity index (χ1) is 34.9. The van der Waals surface area contributed by atoms with Crippen molar-refractivity contribution < 1.29 is 231 Å². The van der Waals surface area contributed by atoms with Crippen LogP contribution in [0.1, 0.15) is 6.92 Å². The molecule has 500 valence electrons. The van der Waals surface area contributed by atoms with Gasteiger partial charge in [-0.25, -0.2) is 8.78 Å². The van der Waals surface area contributed by atoms with Crippen LogP contribution in [0.2, 0.25) is 0 Å². The van der Waals surface area contributed by atoms with Crippen molar-refractivity contribution >= 4 is 0 Å². The molecule has 0 radical (unpaired) electrons. The third kappa shape index (κ3) is 17.8. The number of halogens is 45. The quantitative estimate of drug-likeness (QED) is 0.100. The zero-order valence-corrected chi connectivity index (χ0v) is 38.2. The predicted octanol–water partition coefficient (Wildman–Crippen LogP) is 15.5. The molecule has 52 heteroatoms. The van der Waals surface area contributed by atoms with Gasteiger partial charge in [0.05, 0.1) is 0 Å². The van der Waals surface area contributed by atoms with Crippen molar-refractivity contribution in [3.63, 3.8) is 0 Å². The van der Waals surface area contributed by atoms with Crippen LogP contribution in [0.5, 0.6) is 0 Å². The van der Waals surface area contributed by atoms with Gasteiger partial charge in [0.1, 0.15) is 26.4 Å². The van der Waals surface area contributed by atoms with Gasteiger partial charge >= 0.3 is 126 Å². The molecule has 0 aliphatic rings. The van der Waals surface area contributed by atoms with Gasteiger partial charge in [-0.05, 0) is 0 Å². The molecular weight excluding hydrogens is 1330 g/mol. The summed E-state index contributed by atoms with van der Waals surface area (Å²) in [6.07, 6.45) is -65.1. The highest BCUT2D eigenvalue weighted by Gasteiger charge is 2.91. The van der Waals surface area contributed by atoms with Gasteiger partial charge in [0.2, 0.25) is 0 Å². The highest BCUT2D eigenvalue weighted by Crippen LogP contribution is 2.61. The number of ether oxygens (including phenoxy) is 7. The van der Waals surface area contributed by atoms with Crippen molar-refractivity contribution in [1.29, 1.82) is 0 Å². The van der Waals surface area contributed by atoms with Crippen molar-refractivity contribution in [1.82, 2.24) is 0 Å². The highest BCUT2D eigenvalue weighted by atomic mass is 19.5. The average Bonchev–Trinajstić information content (AvgIpc) is 3.17. The maximum atomic E-state index is 13.7. The van der Waals surface area contributed by atoms with E-state index in [1.807, 2.05) is 4.74 Å². The Bertz CT molecular complexity index is 1940. The molecule has 0 saturated carbocycles. The van der Waals surface area contributed by atoms with E-state index >= 15 is 0 Å².